The van der Waals surface area contributed by atoms with E-state index in [2.05, 4.69) is 15.1 Å². The predicted octanol–water partition coefficient (Wildman–Crippen LogP) is 1.90. The van der Waals surface area contributed by atoms with Crippen molar-refractivity contribution in [3.63, 3.8) is 0 Å². The van der Waals surface area contributed by atoms with Crippen LogP contribution in [0.4, 0.5) is 5.69 Å². The number of hydrogen-bond acceptors (Lipinski definition) is 4. The van der Waals surface area contributed by atoms with E-state index in [1.807, 2.05) is 20.9 Å². The largest absolute Gasteiger partial charge is 0.345 e. The summed E-state index contributed by atoms with van der Waals surface area (Å²) in [7, 11) is -1.56. The van der Waals surface area contributed by atoms with Crippen LogP contribution >= 0.6 is 0 Å². The van der Waals surface area contributed by atoms with Crippen molar-refractivity contribution in [1.29, 1.82) is 0 Å². The van der Waals surface area contributed by atoms with Crippen LogP contribution in [0.1, 0.15) is 40.1 Å². The number of nitrogens with one attached hydrogen (secondary N) is 2. The summed E-state index contributed by atoms with van der Waals surface area (Å²) in [5.41, 5.74) is 3.45. The first-order valence-corrected chi connectivity index (χ1v) is 9.35. The normalized spacial score (nSPS) is 12.7. The molecule has 8 heteroatoms. The van der Waals surface area contributed by atoms with Gasteiger partial charge in [0.05, 0.1) is 24.2 Å². The van der Waals surface area contributed by atoms with Crippen molar-refractivity contribution in [2.75, 3.05) is 11.0 Å². The lowest BCUT2D eigenvalue weighted by atomic mass is 10.1. The predicted molar refractivity (Wildman–Crippen MR) is 93.5 cm³/mol. The number of carbonyl (C=O) groups is 1. The standard InChI is InChI=1S/C16H22N4O3S/c1-10-6-7-13(8-15(10)19-24(5,22)23)16(21)18-11(2)14-9-17-20(4)12(14)3/h6-9,11,19H,1-5H3,(H,18,21)/t11-/m0/s1. The van der Waals surface area contributed by atoms with Crippen LogP contribution < -0.4 is 10.0 Å². The highest BCUT2D eigenvalue weighted by molar-refractivity contribution is 7.92. The van der Waals surface area contributed by atoms with E-state index < -0.39 is 10.0 Å². The molecule has 7 nitrogen and oxygen atoms in total. The number of sulfonamides is 1. The molecule has 0 spiro atoms. The van der Waals surface area contributed by atoms with E-state index in [1.165, 1.54) is 6.07 Å². The van der Waals surface area contributed by atoms with Crippen molar-refractivity contribution >= 4 is 21.6 Å². The van der Waals surface area contributed by atoms with Gasteiger partial charge in [0.1, 0.15) is 0 Å². The lowest BCUT2D eigenvalue weighted by Gasteiger charge is -2.15. The van der Waals surface area contributed by atoms with Crippen molar-refractivity contribution in [2.45, 2.75) is 26.8 Å². The second kappa shape index (κ2) is 6.64. The molecule has 1 aromatic carbocycles. The third-order valence-corrected chi connectivity index (χ3v) is 4.47. The molecule has 2 N–H and O–H groups in total. The van der Waals surface area contributed by atoms with Crippen molar-refractivity contribution in [1.82, 2.24) is 15.1 Å². The van der Waals surface area contributed by atoms with E-state index in [0.717, 1.165) is 23.1 Å². The number of aryl methyl sites for hydroxylation is 2. The van der Waals surface area contributed by atoms with Crippen LogP contribution in [0, 0.1) is 13.8 Å². The minimum absolute atomic E-state index is 0.209. The third-order valence-electron chi connectivity index (χ3n) is 3.88. The van der Waals surface area contributed by atoms with Crippen LogP contribution in [0.25, 0.3) is 0 Å². The summed E-state index contributed by atoms with van der Waals surface area (Å²) in [4.78, 5) is 12.5. The van der Waals surface area contributed by atoms with Crippen LogP contribution in [0.2, 0.25) is 0 Å². The first kappa shape index (κ1) is 18.0. The minimum Gasteiger partial charge on any atom is -0.345 e. The molecule has 0 aliphatic rings. The second-order valence-electron chi connectivity index (χ2n) is 5.91. The third kappa shape index (κ3) is 4.14. The van der Waals surface area contributed by atoms with Crippen molar-refractivity contribution < 1.29 is 13.2 Å². The fourth-order valence-corrected chi connectivity index (χ4v) is 2.99. The number of aromatic nitrogens is 2. The number of anilines is 1. The second-order valence-corrected chi connectivity index (χ2v) is 7.66. The van der Waals surface area contributed by atoms with Gasteiger partial charge >= 0.3 is 0 Å². The molecule has 0 aliphatic heterocycles. The van der Waals surface area contributed by atoms with E-state index in [1.54, 1.807) is 29.9 Å². The fraction of sp³-hybridized carbons (Fsp3) is 0.375. The maximum atomic E-state index is 12.5. The van der Waals surface area contributed by atoms with E-state index in [-0.39, 0.29) is 11.9 Å². The Morgan fingerprint density at radius 2 is 1.96 bits per heavy atom. The Balaban J connectivity index is 2.21. The molecule has 0 unspecified atom stereocenters. The lowest BCUT2D eigenvalue weighted by molar-refractivity contribution is 0.0940. The Hall–Kier alpha value is -2.35. The molecular formula is C16H22N4O3S. The maximum Gasteiger partial charge on any atom is 0.251 e. The summed E-state index contributed by atoms with van der Waals surface area (Å²) in [5, 5.41) is 7.08. The Morgan fingerprint density at radius 1 is 1.29 bits per heavy atom. The number of carbonyl (C=O) groups excluding carboxylic acids is 1. The average molecular weight is 350 g/mol. The van der Waals surface area contributed by atoms with E-state index >= 15 is 0 Å². The molecule has 130 valence electrons. The highest BCUT2D eigenvalue weighted by atomic mass is 32.2. The fourth-order valence-electron chi connectivity index (χ4n) is 2.37. The lowest BCUT2D eigenvalue weighted by Crippen LogP contribution is -2.27. The van der Waals surface area contributed by atoms with Crippen LogP contribution in [0.3, 0.4) is 0 Å². The molecule has 0 fully saturated rings. The Bertz CT molecular complexity index is 871. The van der Waals surface area contributed by atoms with Crippen LogP contribution in [-0.2, 0) is 17.1 Å². The molecule has 2 aromatic rings. The summed E-state index contributed by atoms with van der Waals surface area (Å²) in [5.74, 6) is -0.276. The van der Waals surface area contributed by atoms with Gasteiger partial charge in [-0.15, -0.1) is 0 Å². The molecule has 0 saturated carbocycles. The molecule has 0 radical (unpaired) electrons. The highest BCUT2D eigenvalue weighted by Gasteiger charge is 2.16. The quantitative estimate of drug-likeness (QED) is 0.861. The molecule has 1 atom stereocenters. The molecule has 0 saturated heterocycles. The van der Waals surface area contributed by atoms with Crippen LogP contribution in [0.5, 0.6) is 0 Å². The summed E-state index contributed by atoms with van der Waals surface area (Å²) in [6, 6.07) is 4.71. The highest BCUT2D eigenvalue weighted by Crippen LogP contribution is 2.20. The zero-order chi connectivity index (χ0) is 18.1. The Kier molecular flexibility index (Phi) is 4.98. The number of amides is 1. The SMILES string of the molecule is Cc1ccc(C(=O)N[C@@H](C)c2cnn(C)c2C)cc1NS(C)(=O)=O. The van der Waals surface area contributed by atoms with Gasteiger partial charge in [0.15, 0.2) is 0 Å². The molecule has 0 aliphatic carbocycles. The van der Waals surface area contributed by atoms with E-state index in [0.29, 0.717) is 11.3 Å². The van der Waals surface area contributed by atoms with E-state index in [9.17, 15) is 13.2 Å². The minimum atomic E-state index is -3.40. The van der Waals surface area contributed by atoms with Gasteiger partial charge in [0.2, 0.25) is 10.0 Å². The number of benzene rings is 1. The molecule has 2 rings (SSSR count). The van der Waals surface area contributed by atoms with Gasteiger partial charge in [-0.25, -0.2) is 8.42 Å². The van der Waals surface area contributed by atoms with Gasteiger partial charge in [-0.1, -0.05) is 6.07 Å². The summed E-state index contributed by atoms with van der Waals surface area (Å²) < 4.78 is 27.0. The van der Waals surface area contributed by atoms with Gasteiger partial charge in [-0.3, -0.25) is 14.2 Å². The Labute approximate surface area is 142 Å². The molecule has 1 aromatic heterocycles. The summed E-state index contributed by atoms with van der Waals surface area (Å²) in [6.07, 6.45) is 2.80. The smallest absolute Gasteiger partial charge is 0.251 e. The van der Waals surface area contributed by atoms with E-state index in [4.69, 9.17) is 0 Å². The number of nitrogens with zero attached hydrogens (tertiary/aromatic N) is 2. The molecule has 0 bridgehead atoms. The van der Waals surface area contributed by atoms with Crippen LogP contribution in [-0.4, -0.2) is 30.4 Å². The van der Waals surface area contributed by atoms with Crippen LogP contribution in [0.15, 0.2) is 24.4 Å². The molecule has 1 heterocycles. The summed E-state index contributed by atoms with van der Waals surface area (Å²) in [6.45, 7) is 5.59. The maximum absolute atomic E-state index is 12.5. The molecule has 24 heavy (non-hydrogen) atoms. The Morgan fingerprint density at radius 3 is 2.50 bits per heavy atom. The summed E-state index contributed by atoms with van der Waals surface area (Å²) >= 11 is 0. The van der Waals surface area contributed by atoms with Gasteiger partial charge < -0.3 is 5.32 Å². The monoisotopic (exact) mass is 350 g/mol. The molecular weight excluding hydrogens is 328 g/mol. The van der Waals surface area contributed by atoms with Gasteiger partial charge in [-0.05, 0) is 38.5 Å². The number of rotatable bonds is 5. The first-order chi connectivity index (χ1) is 11.1. The molecule has 1 amide bonds. The topological polar surface area (TPSA) is 93.1 Å². The zero-order valence-corrected chi connectivity index (χ0v) is 15.2. The van der Waals surface area contributed by atoms with Gasteiger partial charge in [-0.2, -0.15) is 5.10 Å². The zero-order valence-electron chi connectivity index (χ0n) is 14.4. The van der Waals surface area contributed by atoms with Crippen molar-refractivity contribution in [3.8, 4) is 0 Å². The first-order valence-electron chi connectivity index (χ1n) is 7.46. The van der Waals surface area contributed by atoms with Crippen molar-refractivity contribution in [2.24, 2.45) is 7.05 Å². The number of hydrogen-bond donors (Lipinski definition) is 2. The van der Waals surface area contributed by atoms with Gasteiger partial charge in [0, 0.05) is 23.9 Å². The van der Waals surface area contributed by atoms with Crippen molar-refractivity contribution in [3.05, 3.63) is 46.8 Å². The van der Waals surface area contributed by atoms with Gasteiger partial charge in [0.25, 0.3) is 5.91 Å². The average Bonchev–Trinajstić information content (AvgIpc) is 2.80.